The summed E-state index contributed by atoms with van der Waals surface area (Å²) >= 11 is 15.9. The molecule has 2 aromatic heterocycles. The number of benzene rings is 6. The van der Waals surface area contributed by atoms with Gasteiger partial charge in [-0.25, -0.2) is 0 Å². The Hall–Kier alpha value is -5.65. The second kappa shape index (κ2) is 14.0. The van der Waals surface area contributed by atoms with E-state index in [2.05, 4.69) is 124 Å². The smallest absolute Gasteiger partial charge is 0.195 e. The normalized spacial score (nSPS) is 12.9. The molecule has 0 atom stereocenters. The van der Waals surface area contributed by atoms with Gasteiger partial charge in [0.2, 0.25) is 0 Å². The van der Waals surface area contributed by atoms with Gasteiger partial charge < -0.3 is 0 Å². The van der Waals surface area contributed by atoms with Crippen LogP contribution in [-0.2, 0) is 5.41 Å². The summed E-state index contributed by atoms with van der Waals surface area (Å²) in [4.78, 5) is 20.9. The standard InChI is InChI=1S/C24H14ClN.C12H9Br.C12H6ClNO/c25-15-11-12-18-22(14-15)24(21-10-5-13-26-23(18)21)19-8-3-1-6-16(19)17-7-2-4-9-20(17)24;13-12-9-5-4-8-11(12)10-6-2-1-3-7-10;13-7-3-4-8-10(6-7)12(15)9-2-1-5-14-11(8)9/h1-14H;1-9H;1-6H. The van der Waals surface area contributed by atoms with Gasteiger partial charge in [-0.1, -0.05) is 154 Å². The fraction of sp³-hybridized carbons (Fsp3) is 0.0208. The van der Waals surface area contributed by atoms with Gasteiger partial charge in [0.1, 0.15) is 0 Å². The molecule has 8 aromatic rings. The number of rotatable bonds is 1. The van der Waals surface area contributed by atoms with Gasteiger partial charge in [0, 0.05) is 49.2 Å². The van der Waals surface area contributed by atoms with Crippen LogP contribution in [0.5, 0.6) is 0 Å². The number of hydrogen-bond donors (Lipinski definition) is 0. The van der Waals surface area contributed by atoms with Crippen molar-refractivity contribution in [3.63, 3.8) is 0 Å². The minimum atomic E-state index is -0.336. The molecule has 0 radical (unpaired) electrons. The van der Waals surface area contributed by atoms with Crippen LogP contribution in [0.15, 0.2) is 181 Å². The summed E-state index contributed by atoms with van der Waals surface area (Å²) < 4.78 is 1.14. The fourth-order valence-corrected chi connectivity index (χ4v) is 8.95. The predicted molar refractivity (Wildman–Crippen MR) is 223 cm³/mol. The Morgan fingerprint density at radius 2 is 0.963 bits per heavy atom. The number of carbonyl (C=O) groups excluding carboxylic acids is 1. The Morgan fingerprint density at radius 1 is 0.426 bits per heavy atom. The van der Waals surface area contributed by atoms with Crippen molar-refractivity contribution < 1.29 is 4.79 Å². The van der Waals surface area contributed by atoms with E-state index >= 15 is 0 Å². The number of pyridine rings is 2. The van der Waals surface area contributed by atoms with Gasteiger partial charge >= 0.3 is 0 Å². The average molecular weight is 801 g/mol. The van der Waals surface area contributed by atoms with Crippen LogP contribution in [0.3, 0.4) is 0 Å². The van der Waals surface area contributed by atoms with Crippen molar-refractivity contribution in [1.29, 1.82) is 0 Å². The van der Waals surface area contributed by atoms with Crippen LogP contribution in [0, 0.1) is 0 Å². The predicted octanol–water partition coefficient (Wildman–Crippen LogP) is 13.1. The topological polar surface area (TPSA) is 42.9 Å². The minimum absolute atomic E-state index is 0.00981. The lowest BCUT2D eigenvalue weighted by Crippen LogP contribution is -2.25. The lowest BCUT2D eigenvalue weighted by atomic mass is 9.71. The van der Waals surface area contributed by atoms with Crippen LogP contribution >= 0.6 is 39.1 Å². The highest BCUT2D eigenvalue weighted by atomic mass is 79.9. The van der Waals surface area contributed by atoms with Crippen molar-refractivity contribution in [3.8, 4) is 44.8 Å². The number of nitrogens with zero attached hydrogens (tertiary/aromatic N) is 2. The molecule has 3 aliphatic rings. The highest BCUT2D eigenvalue weighted by Gasteiger charge is 2.52. The molecule has 2 heterocycles. The van der Waals surface area contributed by atoms with E-state index in [1.165, 1.54) is 50.1 Å². The first-order chi connectivity index (χ1) is 26.5. The van der Waals surface area contributed by atoms with Crippen LogP contribution in [0.1, 0.15) is 38.2 Å². The highest BCUT2D eigenvalue weighted by Crippen LogP contribution is 2.62. The van der Waals surface area contributed by atoms with Gasteiger partial charge in [0.05, 0.1) is 16.8 Å². The number of fused-ring (bicyclic) bond motifs is 13. The Kier molecular flexibility index (Phi) is 8.83. The SMILES string of the molecule is Brc1ccccc1-c1ccccc1.Clc1ccc2c(c1)C1(c3ccccc3-c3ccccc31)c1cccnc1-2.O=C1c2cc(Cl)ccc2-c2ncccc21. The van der Waals surface area contributed by atoms with Crippen LogP contribution in [-0.4, -0.2) is 15.8 Å². The second-order valence-electron chi connectivity index (χ2n) is 13.2. The number of halogens is 3. The number of aromatic nitrogens is 2. The van der Waals surface area contributed by atoms with Crippen LogP contribution in [0.4, 0.5) is 0 Å². The summed E-state index contributed by atoms with van der Waals surface area (Å²) in [7, 11) is 0. The maximum Gasteiger partial charge on any atom is 0.195 e. The van der Waals surface area contributed by atoms with Crippen LogP contribution in [0.2, 0.25) is 10.0 Å². The molecule has 0 bridgehead atoms. The molecule has 0 amide bonds. The Morgan fingerprint density at radius 3 is 1.67 bits per heavy atom. The quantitative estimate of drug-likeness (QED) is 0.166. The molecule has 3 nitrogen and oxygen atoms in total. The molecule has 1 spiro atoms. The van der Waals surface area contributed by atoms with Crippen molar-refractivity contribution in [2.75, 3.05) is 0 Å². The monoisotopic (exact) mass is 798 g/mol. The fourth-order valence-electron chi connectivity index (χ4n) is 8.09. The summed E-state index contributed by atoms with van der Waals surface area (Å²) in [5.41, 5.74) is 15.0. The van der Waals surface area contributed by atoms with Crippen molar-refractivity contribution in [3.05, 3.63) is 224 Å². The molecule has 0 N–H and O–H groups in total. The lowest BCUT2D eigenvalue weighted by molar-refractivity contribution is 0.104. The zero-order chi connectivity index (χ0) is 36.8. The van der Waals surface area contributed by atoms with Crippen LogP contribution < -0.4 is 0 Å². The van der Waals surface area contributed by atoms with E-state index in [1.54, 1.807) is 30.5 Å². The van der Waals surface area contributed by atoms with Gasteiger partial charge in [0.25, 0.3) is 0 Å². The van der Waals surface area contributed by atoms with E-state index in [0.717, 1.165) is 26.4 Å². The van der Waals surface area contributed by atoms with E-state index in [4.69, 9.17) is 28.2 Å². The largest absolute Gasteiger partial charge is 0.289 e. The van der Waals surface area contributed by atoms with Crippen molar-refractivity contribution >= 4 is 44.9 Å². The molecule has 11 rings (SSSR count). The molecule has 54 heavy (non-hydrogen) atoms. The molecule has 6 heteroatoms. The summed E-state index contributed by atoms with van der Waals surface area (Å²) in [5, 5.41) is 1.34. The van der Waals surface area contributed by atoms with Crippen LogP contribution in [0.25, 0.3) is 44.8 Å². The van der Waals surface area contributed by atoms with Gasteiger partial charge in [-0.15, -0.1) is 0 Å². The Balaban J connectivity index is 0.000000117. The van der Waals surface area contributed by atoms with Gasteiger partial charge in [-0.3, -0.25) is 14.8 Å². The van der Waals surface area contributed by atoms with Crippen molar-refractivity contribution in [1.82, 2.24) is 9.97 Å². The minimum Gasteiger partial charge on any atom is -0.289 e. The van der Waals surface area contributed by atoms with E-state index < -0.39 is 0 Å². The zero-order valence-corrected chi connectivity index (χ0v) is 31.8. The molecule has 0 saturated carbocycles. The van der Waals surface area contributed by atoms with E-state index in [0.29, 0.717) is 16.1 Å². The lowest BCUT2D eigenvalue weighted by Gasteiger charge is -2.30. The third-order valence-electron chi connectivity index (χ3n) is 10.3. The second-order valence-corrected chi connectivity index (χ2v) is 14.9. The Labute approximate surface area is 332 Å². The molecular formula is C48H29BrCl2N2O. The summed E-state index contributed by atoms with van der Waals surface area (Å²) in [5.74, 6) is 0.00981. The third-order valence-corrected chi connectivity index (χ3v) is 11.5. The third kappa shape index (κ3) is 5.53. The van der Waals surface area contributed by atoms with Gasteiger partial charge in [-0.05, 0) is 93.0 Å². The van der Waals surface area contributed by atoms with Gasteiger partial charge in [0.15, 0.2) is 5.78 Å². The molecule has 0 aliphatic heterocycles. The maximum atomic E-state index is 11.9. The number of hydrogen-bond acceptors (Lipinski definition) is 3. The Bertz CT molecular complexity index is 2680. The number of carbonyl (C=O) groups is 1. The molecule has 0 fully saturated rings. The first-order valence-corrected chi connectivity index (χ1v) is 19.1. The first kappa shape index (κ1) is 34.1. The van der Waals surface area contributed by atoms with Gasteiger partial charge in [-0.2, -0.15) is 0 Å². The summed E-state index contributed by atoms with van der Waals surface area (Å²) in [6.45, 7) is 0. The molecule has 0 unspecified atom stereocenters. The molecule has 6 aromatic carbocycles. The zero-order valence-electron chi connectivity index (χ0n) is 28.7. The van der Waals surface area contributed by atoms with E-state index in [9.17, 15) is 4.79 Å². The van der Waals surface area contributed by atoms with Crippen molar-refractivity contribution in [2.24, 2.45) is 0 Å². The molecule has 0 saturated heterocycles. The molecule has 3 aliphatic carbocycles. The highest BCUT2D eigenvalue weighted by molar-refractivity contribution is 9.10. The van der Waals surface area contributed by atoms with E-state index in [-0.39, 0.29) is 11.2 Å². The molecule has 258 valence electrons. The number of ketones is 1. The molecular weight excluding hydrogens is 771 g/mol. The first-order valence-electron chi connectivity index (χ1n) is 17.5. The summed E-state index contributed by atoms with van der Waals surface area (Å²) in [6, 6.07) is 55.4. The van der Waals surface area contributed by atoms with E-state index in [1.807, 2.05) is 42.6 Å². The summed E-state index contributed by atoms with van der Waals surface area (Å²) in [6.07, 6.45) is 3.57. The average Bonchev–Trinajstić information content (AvgIpc) is 3.79. The maximum absolute atomic E-state index is 11.9. The van der Waals surface area contributed by atoms with Crippen molar-refractivity contribution in [2.45, 2.75) is 5.41 Å².